The lowest BCUT2D eigenvalue weighted by molar-refractivity contribution is -0.145. The third-order valence-electron chi connectivity index (χ3n) is 9.91. The van der Waals surface area contributed by atoms with Crippen molar-refractivity contribution in [3.05, 3.63) is 11.6 Å². The molecule has 0 aromatic rings. The molecule has 35 heavy (non-hydrogen) atoms. The van der Waals surface area contributed by atoms with Gasteiger partial charge < -0.3 is 20.4 Å². The Balaban J connectivity index is 1.40. The minimum Gasteiger partial charge on any atom is -0.480 e. The summed E-state index contributed by atoms with van der Waals surface area (Å²) in [7, 11) is 0. The van der Waals surface area contributed by atoms with Crippen LogP contribution in [0.1, 0.15) is 79.1 Å². The lowest BCUT2D eigenvalue weighted by Gasteiger charge is -2.58. The molecule has 194 valence electrons. The molecule has 0 saturated heterocycles. The van der Waals surface area contributed by atoms with E-state index < -0.39 is 30.6 Å². The maximum Gasteiger partial charge on any atom is 0.328 e. The highest BCUT2D eigenvalue weighted by Gasteiger charge is 2.59. The number of allylic oxidation sites excluding steroid dienone is 2. The van der Waals surface area contributed by atoms with Crippen LogP contribution in [0.2, 0.25) is 0 Å². The number of nitrogens with zero attached hydrogens (tertiary/aromatic N) is 1. The summed E-state index contributed by atoms with van der Waals surface area (Å²) in [5, 5.41) is 25.0. The number of aliphatic hydroxyl groups is 1. The SMILES string of the molecule is CC(=O)C1CCC2[C@@H]3CCC4=C/C(=N/OCC(=O)NC(C(=O)O)C(C)O)CC[C@]4(C)C3CC[C@]12C. The lowest BCUT2D eigenvalue weighted by atomic mass is 9.46. The number of hydrogen-bond donors (Lipinski definition) is 3. The smallest absolute Gasteiger partial charge is 0.328 e. The largest absolute Gasteiger partial charge is 0.480 e. The van der Waals surface area contributed by atoms with Crippen LogP contribution in [0.25, 0.3) is 0 Å². The zero-order valence-corrected chi connectivity index (χ0v) is 21.4. The fraction of sp³-hybridized carbons (Fsp3) is 0.778. The first-order valence-electron chi connectivity index (χ1n) is 13.1. The van der Waals surface area contributed by atoms with E-state index in [0.29, 0.717) is 23.5 Å². The molecule has 4 aliphatic rings. The van der Waals surface area contributed by atoms with Gasteiger partial charge in [0.1, 0.15) is 5.78 Å². The molecule has 3 fully saturated rings. The highest BCUT2D eigenvalue weighted by molar-refractivity contribution is 5.96. The number of amides is 1. The van der Waals surface area contributed by atoms with Gasteiger partial charge in [0, 0.05) is 5.92 Å². The van der Waals surface area contributed by atoms with E-state index in [4.69, 9.17) is 9.94 Å². The van der Waals surface area contributed by atoms with Crippen molar-refractivity contribution in [3.63, 3.8) is 0 Å². The Hall–Kier alpha value is -2.22. The zero-order chi connectivity index (χ0) is 25.5. The maximum absolute atomic E-state index is 12.3. The highest BCUT2D eigenvalue weighted by atomic mass is 16.6. The first-order chi connectivity index (χ1) is 16.5. The average molecular weight is 489 g/mol. The van der Waals surface area contributed by atoms with E-state index >= 15 is 0 Å². The number of carboxylic acids is 1. The first-order valence-corrected chi connectivity index (χ1v) is 13.1. The van der Waals surface area contributed by atoms with Gasteiger partial charge >= 0.3 is 5.97 Å². The number of nitrogens with one attached hydrogen (secondary N) is 1. The van der Waals surface area contributed by atoms with Gasteiger partial charge in [-0.3, -0.25) is 9.59 Å². The summed E-state index contributed by atoms with van der Waals surface area (Å²) in [4.78, 5) is 40.7. The molecule has 8 nitrogen and oxygen atoms in total. The van der Waals surface area contributed by atoms with Crippen molar-refractivity contribution in [2.24, 2.45) is 39.7 Å². The molecular formula is C27H40N2O6. The Labute approximate surface area is 207 Å². The van der Waals surface area contributed by atoms with Crippen LogP contribution in [0, 0.1) is 34.5 Å². The van der Waals surface area contributed by atoms with Crippen LogP contribution in [0.4, 0.5) is 0 Å². The zero-order valence-electron chi connectivity index (χ0n) is 21.4. The van der Waals surface area contributed by atoms with Gasteiger partial charge in [0.2, 0.25) is 0 Å². The number of carbonyl (C=O) groups excluding carboxylic acids is 2. The van der Waals surface area contributed by atoms with Crippen molar-refractivity contribution in [2.75, 3.05) is 6.61 Å². The van der Waals surface area contributed by atoms with Crippen molar-refractivity contribution in [2.45, 2.75) is 91.2 Å². The monoisotopic (exact) mass is 488 g/mol. The molecule has 0 heterocycles. The molecule has 3 N–H and O–H groups in total. The first kappa shape index (κ1) is 25.9. The van der Waals surface area contributed by atoms with Crippen molar-refractivity contribution >= 4 is 23.4 Å². The molecule has 0 aromatic carbocycles. The fourth-order valence-electron chi connectivity index (χ4n) is 8.09. The molecule has 3 saturated carbocycles. The standard InChI is InChI=1S/C27H40N2O6/c1-15(30)20-7-8-21-19-6-5-17-13-18(9-11-26(17,3)22(19)10-12-27(20,21)4)29-35-14-23(32)28-24(16(2)31)25(33)34/h13,16,19-22,24,31H,5-12,14H2,1-4H3,(H,28,32)(H,33,34)/b29-18+/t16?,19-,20?,21?,22?,24?,26-,27+/m0/s1. The molecule has 8 atom stereocenters. The summed E-state index contributed by atoms with van der Waals surface area (Å²) < 4.78 is 0. The Bertz CT molecular complexity index is 942. The number of Topliss-reactive ketones (excluding diaryl/α,β-unsaturated/α-hetero) is 1. The molecule has 0 bridgehead atoms. The molecule has 1 amide bonds. The van der Waals surface area contributed by atoms with Crippen molar-refractivity contribution in [3.8, 4) is 0 Å². The maximum atomic E-state index is 12.3. The predicted molar refractivity (Wildman–Crippen MR) is 131 cm³/mol. The number of aliphatic hydroxyl groups excluding tert-OH is 1. The average Bonchev–Trinajstić information content (AvgIpc) is 3.14. The molecule has 0 aromatic heterocycles. The van der Waals surface area contributed by atoms with Crippen LogP contribution in [0.15, 0.2) is 16.8 Å². The molecule has 0 spiro atoms. The van der Waals surface area contributed by atoms with Crippen LogP contribution in [0.5, 0.6) is 0 Å². The molecular weight excluding hydrogens is 448 g/mol. The van der Waals surface area contributed by atoms with Gasteiger partial charge in [-0.15, -0.1) is 0 Å². The minimum absolute atomic E-state index is 0.140. The molecule has 5 unspecified atom stereocenters. The second-order valence-electron chi connectivity index (χ2n) is 11.8. The minimum atomic E-state index is -1.38. The van der Waals surface area contributed by atoms with E-state index in [1.165, 1.54) is 25.3 Å². The number of ketones is 1. The van der Waals surface area contributed by atoms with Crippen molar-refractivity contribution in [1.82, 2.24) is 5.32 Å². The summed E-state index contributed by atoms with van der Waals surface area (Å²) in [6, 6.07) is -1.38. The summed E-state index contributed by atoms with van der Waals surface area (Å²) in [6.45, 7) is 7.46. The molecule has 0 radical (unpaired) electrons. The summed E-state index contributed by atoms with van der Waals surface area (Å²) in [6.07, 6.45) is 9.42. The van der Waals surface area contributed by atoms with Gasteiger partial charge in [-0.1, -0.05) is 24.6 Å². The van der Waals surface area contributed by atoms with Crippen molar-refractivity contribution in [1.29, 1.82) is 0 Å². The lowest BCUT2D eigenvalue weighted by Crippen LogP contribution is -2.51. The number of aliphatic carboxylic acids is 1. The molecule has 8 heteroatoms. The predicted octanol–water partition coefficient (Wildman–Crippen LogP) is 3.48. The van der Waals surface area contributed by atoms with Gasteiger partial charge in [0.15, 0.2) is 12.6 Å². The molecule has 4 rings (SSSR count). The number of fused-ring (bicyclic) bond motifs is 5. The number of carbonyl (C=O) groups is 3. The number of hydrogen-bond acceptors (Lipinski definition) is 6. The van der Waals surface area contributed by atoms with Crippen molar-refractivity contribution < 1.29 is 29.4 Å². The van der Waals surface area contributed by atoms with Gasteiger partial charge in [0.25, 0.3) is 5.91 Å². The van der Waals surface area contributed by atoms with E-state index in [9.17, 15) is 19.5 Å². The van der Waals surface area contributed by atoms with Gasteiger partial charge in [-0.25, -0.2) is 4.79 Å². The Kier molecular flexibility index (Phi) is 7.15. The quantitative estimate of drug-likeness (QED) is 0.471. The van der Waals surface area contributed by atoms with E-state index in [-0.39, 0.29) is 16.7 Å². The van der Waals surface area contributed by atoms with E-state index in [0.717, 1.165) is 44.2 Å². The van der Waals surface area contributed by atoms with Crippen LogP contribution < -0.4 is 5.32 Å². The molecule has 0 aliphatic heterocycles. The van der Waals surface area contributed by atoms with E-state index in [1.807, 2.05) is 0 Å². The topological polar surface area (TPSA) is 125 Å². The van der Waals surface area contributed by atoms with Gasteiger partial charge in [-0.2, -0.15) is 0 Å². The third-order valence-corrected chi connectivity index (χ3v) is 9.91. The number of carboxylic acid groups (broad SMARTS) is 1. The summed E-state index contributed by atoms with van der Waals surface area (Å²) in [5.74, 6) is 0.604. The van der Waals surface area contributed by atoms with Gasteiger partial charge in [0.05, 0.1) is 11.8 Å². The Morgan fingerprint density at radius 2 is 1.89 bits per heavy atom. The second-order valence-corrected chi connectivity index (χ2v) is 11.8. The Morgan fingerprint density at radius 3 is 2.54 bits per heavy atom. The van der Waals surface area contributed by atoms with Crippen LogP contribution in [-0.2, 0) is 19.2 Å². The fourth-order valence-corrected chi connectivity index (χ4v) is 8.09. The normalized spacial score (nSPS) is 38.9. The summed E-state index contributed by atoms with van der Waals surface area (Å²) in [5.41, 5.74) is 2.53. The third kappa shape index (κ3) is 4.66. The summed E-state index contributed by atoms with van der Waals surface area (Å²) >= 11 is 0. The second kappa shape index (κ2) is 9.68. The van der Waals surface area contributed by atoms with E-state index in [2.05, 4.69) is 30.4 Å². The van der Waals surface area contributed by atoms with Crippen LogP contribution >= 0.6 is 0 Å². The number of oxime groups is 1. The van der Waals surface area contributed by atoms with Crippen LogP contribution in [0.3, 0.4) is 0 Å². The molecule has 4 aliphatic carbocycles. The highest BCUT2D eigenvalue weighted by Crippen LogP contribution is 2.66. The van der Waals surface area contributed by atoms with Gasteiger partial charge in [-0.05, 0) is 99.9 Å². The van der Waals surface area contributed by atoms with Crippen LogP contribution in [-0.4, -0.2) is 52.3 Å². The van der Waals surface area contributed by atoms with E-state index in [1.54, 1.807) is 6.92 Å². The Morgan fingerprint density at radius 1 is 1.14 bits per heavy atom. The number of rotatable bonds is 7.